The molecule has 0 amide bonds. The lowest BCUT2D eigenvalue weighted by Crippen LogP contribution is -2.42. The fourth-order valence-corrected chi connectivity index (χ4v) is 1.78. The van der Waals surface area contributed by atoms with Gasteiger partial charge in [0, 0.05) is 11.8 Å². The first-order valence-corrected chi connectivity index (χ1v) is 5.30. The lowest BCUT2D eigenvalue weighted by Gasteiger charge is -2.26. The molecule has 1 aliphatic rings. The number of carbonyl (C=O) groups excluding carboxylic acids is 2. The Balaban J connectivity index is 2.27. The number of esters is 2. The van der Waals surface area contributed by atoms with E-state index in [9.17, 15) is 9.59 Å². The van der Waals surface area contributed by atoms with E-state index in [1.54, 1.807) is 23.1 Å². The number of methoxy groups -OCH3 is 1. The highest BCUT2D eigenvalue weighted by molar-refractivity contribution is 6.32. The van der Waals surface area contributed by atoms with Crippen molar-refractivity contribution in [3.05, 3.63) is 23.2 Å². The summed E-state index contributed by atoms with van der Waals surface area (Å²) in [6.07, 6.45) is 0. The van der Waals surface area contributed by atoms with Crippen LogP contribution in [0, 0.1) is 0 Å². The van der Waals surface area contributed by atoms with Crippen LogP contribution in [0.15, 0.2) is 18.2 Å². The fourth-order valence-electron chi connectivity index (χ4n) is 1.59. The average Bonchev–Trinajstić information content (AvgIpc) is 2.28. The molecule has 1 saturated heterocycles. The second kappa shape index (κ2) is 4.63. The molecule has 2 rings (SSSR count). The Morgan fingerprint density at radius 3 is 2.53 bits per heavy atom. The molecule has 0 unspecified atom stereocenters. The van der Waals surface area contributed by atoms with Gasteiger partial charge in [-0.15, -0.1) is 0 Å². The quantitative estimate of drug-likeness (QED) is 0.588. The van der Waals surface area contributed by atoms with Gasteiger partial charge in [-0.2, -0.15) is 0 Å². The average molecular weight is 256 g/mol. The maximum atomic E-state index is 11.1. The minimum Gasteiger partial charge on any atom is -0.495 e. The van der Waals surface area contributed by atoms with Gasteiger partial charge in [0.2, 0.25) is 0 Å². The molecule has 0 atom stereocenters. The van der Waals surface area contributed by atoms with Gasteiger partial charge in [0.1, 0.15) is 18.8 Å². The Morgan fingerprint density at radius 1 is 1.29 bits per heavy atom. The molecule has 0 bridgehead atoms. The summed E-state index contributed by atoms with van der Waals surface area (Å²) in [4.78, 5) is 23.9. The molecule has 1 aliphatic heterocycles. The maximum absolute atomic E-state index is 11.1. The van der Waals surface area contributed by atoms with Gasteiger partial charge in [0.05, 0.1) is 12.1 Å². The fraction of sp³-hybridized carbons (Fsp3) is 0.273. The molecule has 0 aliphatic carbocycles. The molecule has 17 heavy (non-hydrogen) atoms. The van der Waals surface area contributed by atoms with Crippen molar-refractivity contribution >= 4 is 29.2 Å². The van der Waals surface area contributed by atoms with Gasteiger partial charge in [-0.1, -0.05) is 11.6 Å². The van der Waals surface area contributed by atoms with E-state index in [1.807, 2.05) is 0 Å². The molecule has 1 fully saturated rings. The minimum absolute atomic E-state index is 0.0382. The molecular formula is C11H10ClNO4. The Bertz CT molecular complexity index is 459. The van der Waals surface area contributed by atoms with E-state index >= 15 is 0 Å². The van der Waals surface area contributed by atoms with Crippen LogP contribution in [0.5, 0.6) is 5.75 Å². The zero-order valence-corrected chi connectivity index (χ0v) is 9.86. The molecule has 0 spiro atoms. The normalized spacial score (nSPS) is 15.8. The van der Waals surface area contributed by atoms with Gasteiger partial charge in [0.25, 0.3) is 0 Å². The van der Waals surface area contributed by atoms with E-state index in [2.05, 4.69) is 4.74 Å². The third-order valence-corrected chi connectivity index (χ3v) is 2.68. The van der Waals surface area contributed by atoms with Crippen molar-refractivity contribution in [2.24, 2.45) is 0 Å². The highest BCUT2D eigenvalue weighted by Gasteiger charge is 2.25. The van der Waals surface area contributed by atoms with E-state index in [0.29, 0.717) is 16.5 Å². The number of rotatable bonds is 2. The first-order chi connectivity index (χ1) is 8.10. The standard InChI is InChI=1S/C11H10ClNO4/c1-16-9-4-7(2-3-8(9)12)13-5-10(14)17-11(15)6-13/h2-4H,5-6H2,1H3. The van der Waals surface area contributed by atoms with Crippen LogP contribution in [0.25, 0.3) is 0 Å². The van der Waals surface area contributed by atoms with E-state index in [4.69, 9.17) is 16.3 Å². The van der Waals surface area contributed by atoms with Gasteiger partial charge >= 0.3 is 11.9 Å². The number of ether oxygens (including phenoxy) is 2. The third-order valence-electron chi connectivity index (χ3n) is 2.37. The number of carbonyl (C=O) groups is 2. The Hall–Kier alpha value is -1.75. The predicted octanol–water partition coefficient (Wildman–Crippen LogP) is 1.24. The second-order valence-electron chi connectivity index (χ2n) is 3.52. The molecule has 1 aromatic carbocycles. The van der Waals surface area contributed by atoms with Crippen molar-refractivity contribution in [3.8, 4) is 5.75 Å². The highest BCUT2D eigenvalue weighted by atomic mass is 35.5. The van der Waals surface area contributed by atoms with Gasteiger partial charge in [0.15, 0.2) is 0 Å². The first-order valence-electron chi connectivity index (χ1n) is 4.92. The van der Waals surface area contributed by atoms with Crippen LogP contribution in [0.1, 0.15) is 0 Å². The summed E-state index contributed by atoms with van der Waals surface area (Å²) in [6, 6.07) is 5.05. The summed E-state index contributed by atoms with van der Waals surface area (Å²) in [7, 11) is 1.50. The van der Waals surface area contributed by atoms with Crippen molar-refractivity contribution in [1.82, 2.24) is 0 Å². The van der Waals surface area contributed by atoms with Crippen molar-refractivity contribution in [3.63, 3.8) is 0 Å². The van der Waals surface area contributed by atoms with Crippen molar-refractivity contribution in [2.75, 3.05) is 25.1 Å². The smallest absolute Gasteiger partial charge is 0.333 e. The summed E-state index contributed by atoms with van der Waals surface area (Å²) in [5.41, 5.74) is 0.691. The van der Waals surface area contributed by atoms with Gasteiger partial charge < -0.3 is 14.4 Å². The zero-order chi connectivity index (χ0) is 12.4. The molecule has 1 aromatic rings. The predicted molar refractivity (Wildman–Crippen MR) is 61.3 cm³/mol. The van der Waals surface area contributed by atoms with Crippen molar-refractivity contribution < 1.29 is 19.1 Å². The summed E-state index contributed by atoms with van der Waals surface area (Å²) in [5, 5.41) is 0.474. The number of hydrogen-bond acceptors (Lipinski definition) is 5. The Morgan fingerprint density at radius 2 is 1.94 bits per heavy atom. The van der Waals surface area contributed by atoms with E-state index < -0.39 is 11.9 Å². The lowest BCUT2D eigenvalue weighted by atomic mass is 10.2. The lowest BCUT2D eigenvalue weighted by molar-refractivity contribution is -0.160. The molecule has 0 N–H and O–H groups in total. The first kappa shape index (κ1) is 11.7. The molecule has 0 radical (unpaired) electrons. The van der Waals surface area contributed by atoms with Crippen molar-refractivity contribution in [2.45, 2.75) is 0 Å². The van der Waals surface area contributed by atoms with Gasteiger partial charge in [-0.25, -0.2) is 9.59 Å². The second-order valence-corrected chi connectivity index (χ2v) is 3.93. The number of benzene rings is 1. The number of nitrogens with zero attached hydrogens (tertiary/aromatic N) is 1. The van der Waals surface area contributed by atoms with Gasteiger partial charge in [-0.3, -0.25) is 0 Å². The van der Waals surface area contributed by atoms with Crippen LogP contribution in [0.2, 0.25) is 5.02 Å². The molecule has 6 heteroatoms. The number of anilines is 1. The summed E-state index contributed by atoms with van der Waals surface area (Å²) >= 11 is 5.89. The molecular weight excluding hydrogens is 246 g/mol. The number of halogens is 1. The van der Waals surface area contributed by atoms with Crippen LogP contribution >= 0.6 is 11.6 Å². The molecule has 0 aromatic heterocycles. The number of cyclic esters (lactones) is 2. The molecule has 5 nitrogen and oxygen atoms in total. The topological polar surface area (TPSA) is 55.8 Å². The Labute approximate surface area is 103 Å². The SMILES string of the molecule is COc1cc(N2CC(=O)OC(=O)C2)ccc1Cl. The van der Waals surface area contributed by atoms with E-state index in [1.165, 1.54) is 7.11 Å². The van der Waals surface area contributed by atoms with Crippen LogP contribution in [0.4, 0.5) is 5.69 Å². The molecule has 1 heterocycles. The minimum atomic E-state index is -0.560. The zero-order valence-electron chi connectivity index (χ0n) is 9.10. The summed E-state index contributed by atoms with van der Waals surface area (Å²) < 4.78 is 9.51. The molecule has 0 saturated carbocycles. The maximum Gasteiger partial charge on any atom is 0.333 e. The monoisotopic (exact) mass is 255 g/mol. The number of hydrogen-bond donors (Lipinski definition) is 0. The number of morpholine rings is 1. The van der Waals surface area contributed by atoms with E-state index in [-0.39, 0.29) is 13.1 Å². The highest BCUT2D eigenvalue weighted by Crippen LogP contribution is 2.29. The largest absolute Gasteiger partial charge is 0.495 e. The Kier molecular flexibility index (Phi) is 3.19. The van der Waals surface area contributed by atoms with Gasteiger partial charge in [-0.05, 0) is 12.1 Å². The molecule has 90 valence electrons. The third kappa shape index (κ3) is 2.50. The van der Waals surface area contributed by atoms with Crippen LogP contribution < -0.4 is 9.64 Å². The van der Waals surface area contributed by atoms with Crippen LogP contribution in [0.3, 0.4) is 0 Å². The summed E-state index contributed by atoms with van der Waals surface area (Å²) in [6.45, 7) is 0.0764. The van der Waals surface area contributed by atoms with Crippen LogP contribution in [-0.2, 0) is 14.3 Å². The van der Waals surface area contributed by atoms with Crippen molar-refractivity contribution in [1.29, 1.82) is 0 Å². The summed E-state index contributed by atoms with van der Waals surface area (Å²) in [5.74, 6) is -0.624. The van der Waals surface area contributed by atoms with Crippen LogP contribution in [-0.4, -0.2) is 32.1 Å². The van der Waals surface area contributed by atoms with E-state index in [0.717, 1.165) is 0 Å².